The number of amides is 1. The summed E-state index contributed by atoms with van der Waals surface area (Å²) in [5, 5.41) is 2.97. The van der Waals surface area contributed by atoms with Gasteiger partial charge in [0.25, 0.3) is 0 Å². The summed E-state index contributed by atoms with van der Waals surface area (Å²) in [5.74, 6) is 0. The Hall–Kier alpha value is -1.94. The molecule has 108 valence electrons. The molecular formula is C17H17NO2S. The van der Waals surface area contributed by atoms with Gasteiger partial charge >= 0.3 is 6.09 Å². The van der Waals surface area contributed by atoms with Gasteiger partial charge in [-0.1, -0.05) is 42.1 Å². The lowest BCUT2D eigenvalue weighted by atomic mass is 9.93. The Balaban J connectivity index is 2.18. The van der Waals surface area contributed by atoms with E-state index in [1.54, 1.807) is 11.8 Å². The van der Waals surface area contributed by atoms with Crippen LogP contribution in [0, 0.1) is 13.8 Å². The zero-order valence-electron chi connectivity index (χ0n) is 12.3. The molecule has 1 N–H and O–H groups in total. The number of nitrogens with one attached hydrogen (secondary N) is 1. The second kappa shape index (κ2) is 5.45. The van der Waals surface area contributed by atoms with E-state index in [0.29, 0.717) is 0 Å². The van der Waals surface area contributed by atoms with Crippen LogP contribution in [0.1, 0.15) is 28.3 Å². The molecular weight excluding hydrogens is 282 g/mol. The number of hydrogen-bond acceptors (Lipinski definition) is 3. The Kier molecular flexibility index (Phi) is 3.64. The molecule has 21 heavy (non-hydrogen) atoms. The molecule has 0 aliphatic carbocycles. The van der Waals surface area contributed by atoms with Crippen molar-refractivity contribution >= 4 is 17.9 Å². The van der Waals surface area contributed by atoms with Crippen molar-refractivity contribution in [2.24, 2.45) is 0 Å². The number of ether oxygens (including phenoxy) is 1. The van der Waals surface area contributed by atoms with Gasteiger partial charge in [-0.15, -0.1) is 0 Å². The zero-order valence-corrected chi connectivity index (χ0v) is 13.1. The van der Waals surface area contributed by atoms with Gasteiger partial charge in [-0.3, -0.25) is 0 Å². The van der Waals surface area contributed by atoms with Crippen molar-refractivity contribution < 1.29 is 9.53 Å². The number of carbonyl (C=O) groups excluding carboxylic acids is 1. The molecule has 0 aromatic heterocycles. The number of rotatable bonds is 1. The van der Waals surface area contributed by atoms with Crippen LogP contribution in [0.3, 0.4) is 0 Å². The minimum absolute atomic E-state index is 0.162. The maximum Gasteiger partial charge on any atom is 0.407 e. The quantitative estimate of drug-likeness (QED) is 0.857. The molecule has 0 spiro atoms. The Morgan fingerprint density at radius 1 is 1.14 bits per heavy atom. The van der Waals surface area contributed by atoms with Gasteiger partial charge in [0.05, 0.1) is 13.2 Å². The molecule has 2 aromatic carbocycles. The van der Waals surface area contributed by atoms with Crippen molar-refractivity contribution in [1.29, 1.82) is 0 Å². The SMILES string of the molecule is COC(=O)NC1c2ccccc2Sc2c(C)ccc(C)c21. The summed E-state index contributed by atoms with van der Waals surface area (Å²) in [4.78, 5) is 14.2. The highest BCUT2D eigenvalue weighted by molar-refractivity contribution is 7.99. The molecule has 1 atom stereocenters. The molecule has 0 fully saturated rings. The fourth-order valence-electron chi connectivity index (χ4n) is 2.71. The third-order valence-corrected chi connectivity index (χ3v) is 5.13. The normalized spacial score (nSPS) is 15.9. The molecule has 0 saturated heterocycles. The lowest BCUT2D eigenvalue weighted by Crippen LogP contribution is -2.31. The Morgan fingerprint density at radius 2 is 1.86 bits per heavy atom. The average molecular weight is 299 g/mol. The minimum Gasteiger partial charge on any atom is -0.453 e. The smallest absolute Gasteiger partial charge is 0.407 e. The first-order valence-electron chi connectivity index (χ1n) is 6.83. The maximum atomic E-state index is 11.8. The molecule has 1 aliphatic heterocycles. The van der Waals surface area contributed by atoms with Crippen molar-refractivity contribution in [2.45, 2.75) is 29.7 Å². The van der Waals surface area contributed by atoms with E-state index in [9.17, 15) is 4.79 Å². The van der Waals surface area contributed by atoms with E-state index in [1.165, 1.54) is 33.6 Å². The fraction of sp³-hybridized carbons (Fsp3) is 0.235. The topological polar surface area (TPSA) is 38.3 Å². The van der Waals surface area contributed by atoms with E-state index >= 15 is 0 Å². The van der Waals surface area contributed by atoms with Crippen molar-refractivity contribution in [3.8, 4) is 0 Å². The van der Waals surface area contributed by atoms with Crippen LogP contribution in [0.25, 0.3) is 0 Å². The molecule has 0 saturated carbocycles. The summed E-state index contributed by atoms with van der Waals surface area (Å²) in [6.07, 6.45) is -0.409. The number of hydrogen-bond donors (Lipinski definition) is 1. The first-order chi connectivity index (χ1) is 10.1. The molecule has 2 aromatic rings. The van der Waals surface area contributed by atoms with E-state index in [0.717, 1.165) is 5.56 Å². The molecule has 1 unspecified atom stereocenters. The van der Waals surface area contributed by atoms with Crippen LogP contribution in [-0.4, -0.2) is 13.2 Å². The third-order valence-electron chi connectivity index (χ3n) is 3.79. The third kappa shape index (κ3) is 2.40. The van der Waals surface area contributed by atoms with Gasteiger partial charge in [-0.2, -0.15) is 0 Å². The number of benzene rings is 2. The maximum absolute atomic E-state index is 11.8. The van der Waals surface area contributed by atoms with Crippen LogP contribution in [0.5, 0.6) is 0 Å². The summed E-state index contributed by atoms with van der Waals surface area (Å²) in [6.45, 7) is 4.19. The van der Waals surface area contributed by atoms with Gasteiger partial charge in [0.15, 0.2) is 0 Å². The number of carbonyl (C=O) groups is 1. The van der Waals surface area contributed by atoms with E-state index in [1.807, 2.05) is 12.1 Å². The molecule has 0 bridgehead atoms. The van der Waals surface area contributed by atoms with Gasteiger partial charge in [0, 0.05) is 9.79 Å². The second-order valence-electron chi connectivity index (χ2n) is 5.15. The molecule has 1 aliphatic rings. The van der Waals surface area contributed by atoms with Crippen LogP contribution >= 0.6 is 11.8 Å². The highest BCUT2D eigenvalue weighted by Gasteiger charge is 2.29. The predicted octanol–water partition coefficient (Wildman–Crippen LogP) is 4.21. The first-order valence-corrected chi connectivity index (χ1v) is 7.65. The van der Waals surface area contributed by atoms with Gasteiger partial charge in [-0.25, -0.2) is 4.79 Å². The summed E-state index contributed by atoms with van der Waals surface area (Å²) < 4.78 is 4.80. The minimum atomic E-state index is -0.409. The van der Waals surface area contributed by atoms with Gasteiger partial charge in [-0.05, 0) is 42.2 Å². The number of fused-ring (bicyclic) bond motifs is 2. The number of aryl methyl sites for hydroxylation is 2. The average Bonchev–Trinajstić information content (AvgIpc) is 2.50. The van der Waals surface area contributed by atoms with E-state index in [-0.39, 0.29) is 6.04 Å². The molecule has 3 nitrogen and oxygen atoms in total. The summed E-state index contributed by atoms with van der Waals surface area (Å²) in [6, 6.07) is 12.3. The fourth-order valence-corrected chi connectivity index (χ4v) is 3.99. The lowest BCUT2D eigenvalue weighted by molar-refractivity contribution is 0.168. The van der Waals surface area contributed by atoms with Crippen LogP contribution < -0.4 is 5.32 Å². The molecule has 4 heteroatoms. The van der Waals surface area contributed by atoms with Crippen molar-refractivity contribution in [1.82, 2.24) is 5.32 Å². The summed E-state index contributed by atoms with van der Waals surface area (Å²) in [5.41, 5.74) is 4.70. The highest BCUT2D eigenvalue weighted by Crippen LogP contribution is 2.47. The van der Waals surface area contributed by atoms with Gasteiger partial charge in [0.2, 0.25) is 0 Å². The first kappa shape index (κ1) is 14.0. The van der Waals surface area contributed by atoms with E-state index < -0.39 is 6.09 Å². The van der Waals surface area contributed by atoms with E-state index in [2.05, 4.69) is 43.4 Å². The van der Waals surface area contributed by atoms with Crippen molar-refractivity contribution in [3.05, 3.63) is 58.7 Å². The monoisotopic (exact) mass is 299 g/mol. The second-order valence-corrected chi connectivity index (χ2v) is 6.20. The van der Waals surface area contributed by atoms with E-state index in [4.69, 9.17) is 4.74 Å². The van der Waals surface area contributed by atoms with Gasteiger partial charge in [0.1, 0.15) is 0 Å². The standard InChI is InChI=1S/C17H17NO2S/c1-10-8-9-11(2)16-14(10)15(18-17(19)20-3)12-6-4-5-7-13(12)21-16/h4-9,15H,1-3H3,(H,18,19). The summed E-state index contributed by atoms with van der Waals surface area (Å²) in [7, 11) is 1.39. The van der Waals surface area contributed by atoms with Gasteiger partial charge < -0.3 is 10.1 Å². The lowest BCUT2D eigenvalue weighted by Gasteiger charge is -2.30. The molecule has 3 rings (SSSR count). The van der Waals surface area contributed by atoms with Crippen molar-refractivity contribution in [2.75, 3.05) is 7.11 Å². The number of methoxy groups -OCH3 is 1. The molecule has 1 amide bonds. The Labute approximate surface area is 128 Å². The molecule has 0 radical (unpaired) electrons. The Morgan fingerprint density at radius 3 is 2.62 bits per heavy atom. The Bertz CT molecular complexity index is 712. The predicted molar refractivity (Wildman–Crippen MR) is 83.9 cm³/mol. The van der Waals surface area contributed by atoms with Crippen LogP contribution in [-0.2, 0) is 4.74 Å². The van der Waals surface area contributed by atoms with Crippen LogP contribution in [0.15, 0.2) is 46.2 Å². The van der Waals surface area contributed by atoms with Crippen LogP contribution in [0.2, 0.25) is 0 Å². The zero-order chi connectivity index (χ0) is 15.0. The van der Waals surface area contributed by atoms with Crippen LogP contribution in [0.4, 0.5) is 4.79 Å². The molecule has 1 heterocycles. The summed E-state index contributed by atoms with van der Waals surface area (Å²) >= 11 is 1.77. The van der Waals surface area contributed by atoms with Crippen molar-refractivity contribution in [3.63, 3.8) is 0 Å². The number of alkyl carbamates (subject to hydrolysis) is 1. The largest absolute Gasteiger partial charge is 0.453 e. The highest BCUT2D eigenvalue weighted by atomic mass is 32.2.